The van der Waals surface area contributed by atoms with Crippen molar-refractivity contribution in [2.24, 2.45) is 0 Å². The molecule has 1 N–H and O–H groups in total. The first kappa shape index (κ1) is 14.0. The van der Waals surface area contributed by atoms with Gasteiger partial charge in [-0.15, -0.1) is 0 Å². The van der Waals surface area contributed by atoms with Crippen LogP contribution in [-0.2, 0) is 6.61 Å². The number of hydrogen-bond acceptors (Lipinski definition) is 3. The Balaban J connectivity index is 2.16. The van der Waals surface area contributed by atoms with Crippen LogP contribution in [0.1, 0.15) is 11.3 Å². The summed E-state index contributed by atoms with van der Waals surface area (Å²) in [5, 5.41) is 4.19. The maximum absolute atomic E-state index is 6.09. The molecule has 1 heterocycles. The molecule has 0 radical (unpaired) electrons. The van der Waals surface area contributed by atoms with Gasteiger partial charge in [-0.3, -0.25) is 0 Å². The molecule has 0 atom stereocenters. The van der Waals surface area contributed by atoms with Crippen LogP contribution >= 0.6 is 23.2 Å². The lowest BCUT2D eigenvalue weighted by Crippen LogP contribution is -2.02. The van der Waals surface area contributed by atoms with Gasteiger partial charge in [0.15, 0.2) is 0 Å². The molecule has 0 aliphatic carbocycles. The molecule has 19 heavy (non-hydrogen) atoms. The van der Waals surface area contributed by atoms with Gasteiger partial charge in [-0.1, -0.05) is 29.3 Å². The normalized spacial score (nSPS) is 10.3. The van der Waals surface area contributed by atoms with Gasteiger partial charge >= 0.3 is 0 Å². The highest BCUT2D eigenvalue weighted by Crippen LogP contribution is 2.24. The van der Waals surface area contributed by atoms with Gasteiger partial charge in [-0.05, 0) is 36.8 Å². The third-order valence-electron chi connectivity index (χ3n) is 2.69. The van der Waals surface area contributed by atoms with E-state index >= 15 is 0 Å². The summed E-state index contributed by atoms with van der Waals surface area (Å²) in [6, 6.07) is 9.14. The lowest BCUT2D eigenvalue weighted by Gasteiger charge is -2.11. The number of hydrogen-bond donors (Lipinski definition) is 1. The number of nitrogens with zero attached hydrogens (tertiary/aromatic N) is 1. The van der Waals surface area contributed by atoms with Crippen molar-refractivity contribution < 1.29 is 4.74 Å². The first-order valence-electron chi connectivity index (χ1n) is 5.82. The van der Waals surface area contributed by atoms with Crippen LogP contribution in [0.4, 0.5) is 5.82 Å². The molecule has 1 aromatic carbocycles. The zero-order chi connectivity index (χ0) is 13.8. The molecule has 2 aromatic rings. The van der Waals surface area contributed by atoms with Gasteiger partial charge in [0.25, 0.3) is 0 Å². The van der Waals surface area contributed by atoms with E-state index in [4.69, 9.17) is 27.9 Å². The van der Waals surface area contributed by atoms with Crippen LogP contribution in [0.25, 0.3) is 0 Å². The predicted molar refractivity (Wildman–Crippen MR) is 79.3 cm³/mol. The van der Waals surface area contributed by atoms with E-state index in [1.54, 1.807) is 12.1 Å². The molecule has 5 heteroatoms. The summed E-state index contributed by atoms with van der Waals surface area (Å²) in [6.45, 7) is 2.26. The second kappa shape index (κ2) is 6.13. The average Bonchev–Trinajstić information content (AvgIpc) is 2.41. The number of nitrogens with one attached hydrogen (secondary N) is 1. The summed E-state index contributed by atoms with van der Waals surface area (Å²) in [5.41, 5.74) is 1.71. The smallest absolute Gasteiger partial charge is 0.132 e. The standard InChI is InChI=1S/C14H14Cl2N2O/c1-9-3-4-10(15)7-13(9)19-8-12-11(16)5-6-14(17-2)18-12/h3-7H,8H2,1-2H3,(H,17,18). The fourth-order valence-electron chi connectivity index (χ4n) is 1.60. The molecule has 0 aliphatic heterocycles. The monoisotopic (exact) mass is 296 g/mol. The average molecular weight is 297 g/mol. The van der Waals surface area contributed by atoms with E-state index in [1.807, 2.05) is 32.2 Å². The second-order valence-corrected chi connectivity index (χ2v) is 4.92. The van der Waals surface area contributed by atoms with Crippen molar-refractivity contribution in [2.45, 2.75) is 13.5 Å². The minimum Gasteiger partial charge on any atom is -0.487 e. The number of aromatic nitrogens is 1. The molecule has 0 fully saturated rings. The lowest BCUT2D eigenvalue weighted by molar-refractivity contribution is 0.299. The van der Waals surface area contributed by atoms with E-state index < -0.39 is 0 Å². The minimum atomic E-state index is 0.301. The van der Waals surface area contributed by atoms with E-state index in [0.717, 1.165) is 17.1 Å². The van der Waals surface area contributed by atoms with Gasteiger partial charge in [0.1, 0.15) is 18.2 Å². The van der Waals surface area contributed by atoms with E-state index in [-0.39, 0.29) is 0 Å². The SMILES string of the molecule is CNc1ccc(Cl)c(COc2cc(Cl)ccc2C)n1. The Bertz CT molecular complexity index is 588. The number of ether oxygens (including phenoxy) is 1. The van der Waals surface area contributed by atoms with Gasteiger partial charge in [0.05, 0.1) is 10.7 Å². The molecule has 0 saturated carbocycles. The van der Waals surface area contributed by atoms with Crippen LogP contribution in [0.3, 0.4) is 0 Å². The number of benzene rings is 1. The minimum absolute atomic E-state index is 0.301. The quantitative estimate of drug-likeness (QED) is 0.912. The van der Waals surface area contributed by atoms with E-state index in [2.05, 4.69) is 10.3 Å². The fourth-order valence-corrected chi connectivity index (χ4v) is 1.92. The molecule has 2 rings (SSSR count). The van der Waals surface area contributed by atoms with Crippen molar-refractivity contribution >= 4 is 29.0 Å². The summed E-state index contributed by atoms with van der Waals surface area (Å²) < 4.78 is 5.72. The van der Waals surface area contributed by atoms with Gasteiger partial charge in [-0.25, -0.2) is 4.98 Å². The van der Waals surface area contributed by atoms with Crippen molar-refractivity contribution in [1.82, 2.24) is 4.98 Å². The van der Waals surface area contributed by atoms with Crippen LogP contribution in [0.5, 0.6) is 5.75 Å². The van der Waals surface area contributed by atoms with Gasteiger partial charge in [-0.2, -0.15) is 0 Å². The highest BCUT2D eigenvalue weighted by atomic mass is 35.5. The lowest BCUT2D eigenvalue weighted by atomic mass is 10.2. The molecule has 0 unspecified atom stereocenters. The summed E-state index contributed by atoms with van der Waals surface area (Å²) >= 11 is 12.0. The van der Waals surface area contributed by atoms with Crippen LogP contribution < -0.4 is 10.1 Å². The van der Waals surface area contributed by atoms with Gasteiger partial charge < -0.3 is 10.1 Å². The highest BCUT2D eigenvalue weighted by molar-refractivity contribution is 6.31. The number of pyridine rings is 1. The maximum atomic E-state index is 6.09. The summed E-state index contributed by atoms with van der Waals surface area (Å²) in [6.07, 6.45) is 0. The Morgan fingerprint density at radius 3 is 2.74 bits per heavy atom. The third kappa shape index (κ3) is 3.52. The largest absolute Gasteiger partial charge is 0.487 e. The molecule has 0 spiro atoms. The highest BCUT2D eigenvalue weighted by Gasteiger charge is 2.06. The summed E-state index contributed by atoms with van der Waals surface area (Å²) in [5.74, 6) is 1.49. The fraction of sp³-hybridized carbons (Fsp3) is 0.214. The molecule has 3 nitrogen and oxygen atoms in total. The van der Waals surface area contributed by atoms with Crippen LogP contribution in [0.2, 0.25) is 10.0 Å². The van der Waals surface area contributed by atoms with Crippen LogP contribution in [-0.4, -0.2) is 12.0 Å². The Hall–Kier alpha value is -1.45. The van der Waals surface area contributed by atoms with Gasteiger partial charge in [0.2, 0.25) is 0 Å². The van der Waals surface area contributed by atoms with Crippen LogP contribution in [0.15, 0.2) is 30.3 Å². The second-order valence-electron chi connectivity index (χ2n) is 4.07. The molecule has 1 aromatic heterocycles. The molecule has 0 saturated heterocycles. The molecule has 100 valence electrons. The zero-order valence-electron chi connectivity index (χ0n) is 10.7. The van der Waals surface area contributed by atoms with Crippen molar-refractivity contribution in [1.29, 1.82) is 0 Å². The summed E-state index contributed by atoms with van der Waals surface area (Å²) in [7, 11) is 1.81. The Labute approximate surface area is 122 Å². The zero-order valence-corrected chi connectivity index (χ0v) is 12.2. The van der Waals surface area contributed by atoms with E-state index in [9.17, 15) is 0 Å². The van der Waals surface area contributed by atoms with Crippen LogP contribution in [0, 0.1) is 6.92 Å². The number of halogens is 2. The van der Waals surface area contributed by atoms with E-state index in [1.165, 1.54) is 0 Å². The molecule has 0 aliphatic rings. The maximum Gasteiger partial charge on any atom is 0.132 e. The van der Waals surface area contributed by atoms with Gasteiger partial charge in [0, 0.05) is 12.1 Å². The molecule has 0 amide bonds. The third-order valence-corrected chi connectivity index (χ3v) is 3.27. The van der Waals surface area contributed by atoms with Crippen molar-refractivity contribution in [2.75, 3.05) is 12.4 Å². The van der Waals surface area contributed by atoms with E-state index in [0.29, 0.717) is 22.3 Å². The number of aryl methyl sites for hydroxylation is 1. The molecular weight excluding hydrogens is 283 g/mol. The topological polar surface area (TPSA) is 34.1 Å². The first-order chi connectivity index (χ1) is 9.10. The Kier molecular flexibility index (Phi) is 4.51. The predicted octanol–water partition coefficient (Wildman–Crippen LogP) is 4.32. The summed E-state index contributed by atoms with van der Waals surface area (Å²) in [4.78, 5) is 4.36. The first-order valence-corrected chi connectivity index (χ1v) is 6.58. The van der Waals surface area contributed by atoms with Crippen molar-refractivity contribution in [3.63, 3.8) is 0 Å². The van der Waals surface area contributed by atoms with Crippen molar-refractivity contribution in [3.8, 4) is 5.75 Å². The molecular formula is C14H14Cl2N2O. The number of rotatable bonds is 4. The number of anilines is 1. The Morgan fingerprint density at radius 2 is 2.00 bits per heavy atom. The van der Waals surface area contributed by atoms with Crippen molar-refractivity contribution in [3.05, 3.63) is 51.6 Å². The Morgan fingerprint density at radius 1 is 1.21 bits per heavy atom. The molecule has 0 bridgehead atoms.